The highest BCUT2D eigenvalue weighted by molar-refractivity contribution is 7.99. The Labute approximate surface area is 190 Å². The molecular weight excluding hydrogens is 445 g/mol. The van der Waals surface area contributed by atoms with Gasteiger partial charge in [-0.05, 0) is 50.2 Å². The molecule has 0 fully saturated rings. The Bertz CT molecular complexity index is 1010. The van der Waals surface area contributed by atoms with Crippen molar-refractivity contribution in [2.75, 3.05) is 26.6 Å². The quantitative estimate of drug-likeness (QED) is 0.293. The molecule has 0 spiro atoms. The van der Waals surface area contributed by atoms with Crippen molar-refractivity contribution >= 4 is 35.0 Å². The molecule has 0 aliphatic heterocycles. The molecule has 1 aromatic heterocycles. The van der Waals surface area contributed by atoms with Crippen LogP contribution in [0.1, 0.15) is 13.8 Å². The molecule has 6 nitrogen and oxygen atoms in total. The van der Waals surface area contributed by atoms with Crippen LogP contribution < -0.4 is 9.47 Å². The van der Waals surface area contributed by atoms with Crippen LogP contribution in [0, 0.1) is 0 Å². The van der Waals surface area contributed by atoms with Gasteiger partial charge in [0, 0.05) is 10.8 Å². The van der Waals surface area contributed by atoms with Crippen molar-refractivity contribution < 1.29 is 14.2 Å². The van der Waals surface area contributed by atoms with Crippen molar-refractivity contribution in [3.8, 4) is 28.6 Å². The third kappa shape index (κ3) is 5.21. The first kappa shape index (κ1) is 22.7. The monoisotopic (exact) mass is 467 g/mol. The molecule has 3 aromatic rings. The number of ether oxygens (including phenoxy) is 3. The lowest BCUT2D eigenvalue weighted by atomic mass is 10.2. The molecule has 0 N–H and O–H groups in total. The standard InChI is InChI=1S/C21H23Cl2N3O3S/c1-13(2)29-9-10-30-21-25-24-20(16-11-14(22)5-7-18(16)27-3)26(21)15-6-8-19(28-4)17(23)12-15/h5-8,11-13H,9-10H2,1-4H3. The first-order chi connectivity index (χ1) is 14.4. The number of benzene rings is 2. The van der Waals surface area contributed by atoms with E-state index in [4.69, 9.17) is 37.4 Å². The zero-order valence-electron chi connectivity index (χ0n) is 17.2. The number of rotatable bonds is 9. The van der Waals surface area contributed by atoms with Crippen LogP contribution in [0.4, 0.5) is 0 Å². The summed E-state index contributed by atoms with van der Waals surface area (Å²) >= 11 is 14.2. The van der Waals surface area contributed by atoms with E-state index in [-0.39, 0.29) is 6.10 Å². The fourth-order valence-electron chi connectivity index (χ4n) is 2.84. The van der Waals surface area contributed by atoms with Crippen molar-refractivity contribution in [1.82, 2.24) is 14.8 Å². The van der Waals surface area contributed by atoms with Crippen LogP contribution >= 0.6 is 35.0 Å². The van der Waals surface area contributed by atoms with Gasteiger partial charge in [-0.3, -0.25) is 4.57 Å². The van der Waals surface area contributed by atoms with Gasteiger partial charge in [0.1, 0.15) is 11.5 Å². The van der Waals surface area contributed by atoms with Gasteiger partial charge < -0.3 is 14.2 Å². The molecule has 160 valence electrons. The van der Waals surface area contributed by atoms with Gasteiger partial charge in [-0.15, -0.1) is 10.2 Å². The van der Waals surface area contributed by atoms with Crippen LogP contribution in [0.2, 0.25) is 10.0 Å². The summed E-state index contributed by atoms with van der Waals surface area (Å²) < 4.78 is 18.4. The number of hydrogen-bond acceptors (Lipinski definition) is 6. The maximum Gasteiger partial charge on any atom is 0.196 e. The fourth-order valence-corrected chi connectivity index (χ4v) is 4.04. The molecule has 0 aliphatic rings. The molecule has 0 unspecified atom stereocenters. The topological polar surface area (TPSA) is 58.4 Å². The highest BCUT2D eigenvalue weighted by atomic mass is 35.5. The van der Waals surface area contributed by atoms with E-state index in [2.05, 4.69) is 10.2 Å². The van der Waals surface area contributed by atoms with Gasteiger partial charge in [0.2, 0.25) is 0 Å². The minimum Gasteiger partial charge on any atom is -0.496 e. The smallest absolute Gasteiger partial charge is 0.196 e. The molecule has 2 aromatic carbocycles. The molecule has 9 heteroatoms. The highest BCUT2D eigenvalue weighted by Crippen LogP contribution is 2.36. The molecule has 0 amide bonds. The molecule has 0 saturated carbocycles. The van der Waals surface area contributed by atoms with Gasteiger partial charge in [-0.1, -0.05) is 35.0 Å². The van der Waals surface area contributed by atoms with Gasteiger partial charge in [-0.2, -0.15) is 0 Å². The second kappa shape index (κ2) is 10.4. The molecule has 0 saturated heterocycles. The maximum absolute atomic E-state index is 6.39. The van der Waals surface area contributed by atoms with E-state index in [1.807, 2.05) is 42.7 Å². The third-order valence-corrected chi connectivity index (χ3v) is 5.62. The Kier molecular flexibility index (Phi) is 7.88. The lowest BCUT2D eigenvalue weighted by Crippen LogP contribution is -2.06. The minimum atomic E-state index is 0.176. The summed E-state index contributed by atoms with van der Waals surface area (Å²) in [6.45, 7) is 4.63. The molecule has 0 radical (unpaired) electrons. The number of thioether (sulfide) groups is 1. The van der Waals surface area contributed by atoms with E-state index in [0.717, 1.165) is 17.0 Å². The summed E-state index contributed by atoms with van der Waals surface area (Å²) in [6.07, 6.45) is 0.176. The van der Waals surface area contributed by atoms with E-state index in [1.54, 1.807) is 38.1 Å². The van der Waals surface area contributed by atoms with Gasteiger partial charge >= 0.3 is 0 Å². The highest BCUT2D eigenvalue weighted by Gasteiger charge is 2.20. The minimum absolute atomic E-state index is 0.176. The lowest BCUT2D eigenvalue weighted by Gasteiger charge is -2.14. The molecular formula is C21H23Cl2N3O3S. The summed E-state index contributed by atoms with van der Waals surface area (Å²) in [5.74, 6) is 2.57. The number of halogens is 2. The van der Waals surface area contributed by atoms with Crippen molar-refractivity contribution in [2.45, 2.75) is 25.1 Å². The first-order valence-corrected chi connectivity index (χ1v) is 11.1. The van der Waals surface area contributed by atoms with Gasteiger partial charge in [0.05, 0.1) is 43.2 Å². The van der Waals surface area contributed by atoms with Crippen molar-refractivity contribution in [3.63, 3.8) is 0 Å². The molecule has 0 bridgehead atoms. The summed E-state index contributed by atoms with van der Waals surface area (Å²) in [4.78, 5) is 0. The van der Waals surface area contributed by atoms with Crippen molar-refractivity contribution in [1.29, 1.82) is 0 Å². The summed E-state index contributed by atoms with van der Waals surface area (Å²) in [6, 6.07) is 10.9. The second-order valence-electron chi connectivity index (χ2n) is 6.57. The number of aromatic nitrogens is 3. The predicted molar refractivity (Wildman–Crippen MR) is 122 cm³/mol. The van der Waals surface area contributed by atoms with Gasteiger partial charge in [0.25, 0.3) is 0 Å². The largest absolute Gasteiger partial charge is 0.496 e. The molecule has 3 rings (SSSR count). The lowest BCUT2D eigenvalue weighted by molar-refractivity contribution is 0.0920. The predicted octanol–water partition coefficient (Wildman–Crippen LogP) is 5.78. The van der Waals surface area contributed by atoms with E-state index < -0.39 is 0 Å². The van der Waals surface area contributed by atoms with Gasteiger partial charge in [-0.25, -0.2) is 0 Å². The second-order valence-corrected chi connectivity index (χ2v) is 8.48. The van der Waals surface area contributed by atoms with Crippen LogP contribution in [-0.2, 0) is 4.74 Å². The zero-order chi connectivity index (χ0) is 21.7. The Balaban J connectivity index is 2.07. The molecule has 1 heterocycles. The average Bonchev–Trinajstić information content (AvgIpc) is 3.14. The number of nitrogens with zero attached hydrogens (tertiary/aromatic N) is 3. The van der Waals surface area contributed by atoms with E-state index in [1.165, 1.54) is 0 Å². The summed E-state index contributed by atoms with van der Waals surface area (Å²) in [5, 5.41) is 10.6. The molecule has 0 aliphatic carbocycles. The maximum atomic E-state index is 6.39. The van der Waals surface area contributed by atoms with E-state index in [0.29, 0.717) is 39.1 Å². The zero-order valence-corrected chi connectivity index (χ0v) is 19.5. The van der Waals surface area contributed by atoms with Crippen LogP contribution in [0.5, 0.6) is 11.5 Å². The normalized spacial score (nSPS) is 11.2. The van der Waals surface area contributed by atoms with Crippen LogP contribution in [-0.4, -0.2) is 47.4 Å². The number of hydrogen-bond donors (Lipinski definition) is 0. The summed E-state index contributed by atoms with van der Waals surface area (Å²) in [7, 11) is 3.19. The van der Waals surface area contributed by atoms with E-state index in [9.17, 15) is 0 Å². The summed E-state index contributed by atoms with van der Waals surface area (Å²) in [5.41, 5.74) is 1.53. The Morgan fingerprint density at radius 3 is 2.40 bits per heavy atom. The Hall–Kier alpha value is -1.93. The van der Waals surface area contributed by atoms with E-state index >= 15 is 0 Å². The van der Waals surface area contributed by atoms with Crippen LogP contribution in [0.3, 0.4) is 0 Å². The van der Waals surface area contributed by atoms with Crippen LogP contribution in [0.25, 0.3) is 17.1 Å². The molecule has 30 heavy (non-hydrogen) atoms. The van der Waals surface area contributed by atoms with Crippen LogP contribution in [0.15, 0.2) is 41.6 Å². The van der Waals surface area contributed by atoms with Gasteiger partial charge in [0.15, 0.2) is 11.0 Å². The number of methoxy groups -OCH3 is 2. The van der Waals surface area contributed by atoms with Crippen molar-refractivity contribution in [3.05, 3.63) is 46.4 Å². The SMILES string of the molecule is COc1ccc(-n2c(SCCOC(C)C)nnc2-c2cc(Cl)ccc2OC)cc1Cl. The third-order valence-electron chi connectivity index (χ3n) is 4.20. The fraction of sp³-hybridized carbons (Fsp3) is 0.333. The molecule has 0 atom stereocenters. The Morgan fingerprint density at radius 2 is 1.73 bits per heavy atom. The first-order valence-electron chi connectivity index (χ1n) is 9.32. The van der Waals surface area contributed by atoms with Crippen molar-refractivity contribution in [2.24, 2.45) is 0 Å². The Morgan fingerprint density at radius 1 is 1.00 bits per heavy atom. The average molecular weight is 468 g/mol.